The Hall–Kier alpha value is -2.01. The lowest BCUT2D eigenvalue weighted by Crippen LogP contribution is -2.39. The highest BCUT2D eigenvalue weighted by Gasteiger charge is 2.11. The number of aryl methyl sites for hydroxylation is 1. The summed E-state index contributed by atoms with van der Waals surface area (Å²) in [6, 6.07) is 5.60. The summed E-state index contributed by atoms with van der Waals surface area (Å²) in [7, 11) is 5.73. The van der Waals surface area contributed by atoms with Gasteiger partial charge in [0.15, 0.2) is 11.7 Å². The quantitative estimate of drug-likeness (QED) is 0.307. The Balaban J connectivity index is 0.00000261. The minimum absolute atomic E-state index is 0. The summed E-state index contributed by atoms with van der Waals surface area (Å²) in [6.07, 6.45) is 4.19. The lowest BCUT2D eigenvalue weighted by molar-refractivity contribution is 0.462. The molecular formula is C17H23ClIN7O. The van der Waals surface area contributed by atoms with Gasteiger partial charge in [0.2, 0.25) is 5.82 Å². The summed E-state index contributed by atoms with van der Waals surface area (Å²) in [5.41, 5.74) is 1.11. The Kier molecular flexibility index (Phi) is 7.72. The molecule has 0 fully saturated rings. The number of nitrogens with zero attached hydrogens (tertiary/aromatic N) is 5. The van der Waals surface area contributed by atoms with Crippen LogP contribution in [0.25, 0.3) is 11.6 Å². The number of hydrogen-bond donors (Lipinski definition) is 2. The largest absolute Gasteiger partial charge is 0.461 e. The molecule has 27 heavy (non-hydrogen) atoms. The highest BCUT2D eigenvalue weighted by Crippen LogP contribution is 2.15. The number of nitrogens with one attached hydrogen (secondary N) is 2. The predicted octanol–water partition coefficient (Wildman–Crippen LogP) is 2.92. The van der Waals surface area contributed by atoms with Gasteiger partial charge in [-0.15, -0.1) is 24.0 Å². The van der Waals surface area contributed by atoms with Gasteiger partial charge in [-0.05, 0) is 18.2 Å². The molecule has 0 atom stereocenters. The zero-order chi connectivity index (χ0) is 18.5. The Morgan fingerprint density at radius 1 is 1.48 bits per heavy atom. The van der Waals surface area contributed by atoms with Crippen LogP contribution >= 0.6 is 35.6 Å². The molecule has 0 bridgehead atoms. The molecule has 3 aromatic heterocycles. The second-order valence-electron chi connectivity index (χ2n) is 5.92. The van der Waals surface area contributed by atoms with Crippen molar-refractivity contribution in [1.29, 1.82) is 0 Å². The van der Waals surface area contributed by atoms with Crippen molar-refractivity contribution in [3.8, 4) is 11.6 Å². The van der Waals surface area contributed by atoms with E-state index in [0.717, 1.165) is 22.5 Å². The topological polar surface area (TPSA) is 87.3 Å². The SMILES string of the molecule is CN=C(NCCc1nc(-c2ccco2)n[nH]1)N(C)Cc1cc(Cl)cn1C.I. The van der Waals surface area contributed by atoms with Crippen molar-refractivity contribution in [2.24, 2.45) is 12.0 Å². The molecule has 0 saturated carbocycles. The van der Waals surface area contributed by atoms with Crippen molar-refractivity contribution in [2.75, 3.05) is 20.6 Å². The first kappa shape index (κ1) is 21.3. The zero-order valence-electron chi connectivity index (χ0n) is 15.4. The maximum Gasteiger partial charge on any atom is 0.216 e. The van der Waals surface area contributed by atoms with E-state index in [4.69, 9.17) is 16.0 Å². The number of H-pyrrole nitrogens is 1. The van der Waals surface area contributed by atoms with E-state index < -0.39 is 0 Å². The van der Waals surface area contributed by atoms with Gasteiger partial charge in [-0.1, -0.05) is 11.6 Å². The number of aromatic amines is 1. The fraction of sp³-hybridized carbons (Fsp3) is 0.353. The van der Waals surface area contributed by atoms with E-state index in [1.807, 2.05) is 48.0 Å². The molecule has 0 aromatic carbocycles. The lowest BCUT2D eigenvalue weighted by Gasteiger charge is -2.22. The predicted molar refractivity (Wildman–Crippen MR) is 116 cm³/mol. The van der Waals surface area contributed by atoms with Gasteiger partial charge in [-0.2, -0.15) is 5.10 Å². The number of rotatable bonds is 6. The lowest BCUT2D eigenvalue weighted by atomic mass is 10.4. The van der Waals surface area contributed by atoms with E-state index in [-0.39, 0.29) is 24.0 Å². The van der Waals surface area contributed by atoms with Crippen LogP contribution < -0.4 is 5.32 Å². The maximum atomic E-state index is 6.04. The number of furan rings is 1. The molecule has 3 rings (SSSR count). The van der Waals surface area contributed by atoms with Crippen LogP contribution in [0.3, 0.4) is 0 Å². The van der Waals surface area contributed by atoms with Gasteiger partial charge in [0, 0.05) is 46.0 Å². The van der Waals surface area contributed by atoms with Crippen LogP contribution in [0.1, 0.15) is 11.5 Å². The fourth-order valence-electron chi connectivity index (χ4n) is 2.64. The third kappa shape index (κ3) is 5.48. The van der Waals surface area contributed by atoms with Gasteiger partial charge in [0.05, 0.1) is 17.8 Å². The first-order chi connectivity index (χ1) is 12.6. The highest BCUT2D eigenvalue weighted by atomic mass is 127. The normalized spacial score (nSPS) is 11.3. The van der Waals surface area contributed by atoms with E-state index in [9.17, 15) is 0 Å². The first-order valence-corrected chi connectivity index (χ1v) is 8.62. The molecule has 8 nitrogen and oxygen atoms in total. The van der Waals surface area contributed by atoms with E-state index >= 15 is 0 Å². The van der Waals surface area contributed by atoms with Crippen LogP contribution in [0.4, 0.5) is 0 Å². The summed E-state index contributed by atoms with van der Waals surface area (Å²) >= 11 is 6.04. The maximum absolute atomic E-state index is 6.04. The molecule has 0 aliphatic heterocycles. The molecule has 2 N–H and O–H groups in total. The Morgan fingerprint density at radius 2 is 2.30 bits per heavy atom. The molecule has 3 aromatic rings. The third-order valence-corrected chi connectivity index (χ3v) is 4.17. The van der Waals surface area contributed by atoms with Crippen molar-refractivity contribution in [1.82, 2.24) is 30.0 Å². The molecule has 0 unspecified atom stereocenters. The molecule has 0 radical (unpaired) electrons. The van der Waals surface area contributed by atoms with Crippen LogP contribution in [0.2, 0.25) is 5.02 Å². The standard InChI is InChI=1S/C17H22ClN7O.HI/c1-19-17(25(3)11-13-9-12(18)10-24(13)2)20-7-6-15-21-16(23-22-15)14-5-4-8-26-14;/h4-5,8-10H,6-7,11H2,1-3H3,(H,19,20)(H,21,22,23);1H. The Morgan fingerprint density at radius 3 is 2.93 bits per heavy atom. The van der Waals surface area contributed by atoms with E-state index in [2.05, 4.69) is 25.5 Å². The van der Waals surface area contributed by atoms with Crippen LogP contribution in [-0.4, -0.2) is 51.2 Å². The highest BCUT2D eigenvalue weighted by molar-refractivity contribution is 14.0. The Labute approximate surface area is 180 Å². The van der Waals surface area contributed by atoms with E-state index in [1.165, 1.54) is 0 Å². The monoisotopic (exact) mass is 503 g/mol. The average molecular weight is 504 g/mol. The van der Waals surface area contributed by atoms with Crippen molar-refractivity contribution in [2.45, 2.75) is 13.0 Å². The zero-order valence-corrected chi connectivity index (χ0v) is 18.5. The summed E-state index contributed by atoms with van der Waals surface area (Å²) in [5.74, 6) is 2.80. The van der Waals surface area contributed by atoms with Gasteiger partial charge in [-0.3, -0.25) is 10.1 Å². The third-order valence-electron chi connectivity index (χ3n) is 3.97. The van der Waals surface area contributed by atoms with Crippen LogP contribution in [0.15, 0.2) is 40.1 Å². The molecule has 0 spiro atoms. The van der Waals surface area contributed by atoms with Crippen molar-refractivity contribution >= 4 is 41.5 Å². The molecule has 0 aliphatic rings. The number of aromatic nitrogens is 4. The first-order valence-electron chi connectivity index (χ1n) is 8.24. The minimum atomic E-state index is 0. The van der Waals surface area contributed by atoms with E-state index in [1.54, 1.807) is 13.3 Å². The molecule has 0 saturated heterocycles. The van der Waals surface area contributed by atoms with Crippen molar-refractivity contribution in [3.05, 3.63) is 47.2 Å². The van der Waals surface area contributed by atoms with Crippen LogP contribution in [0, 0.1) is 0 Å². The number of aliphatic imine (C=N–C) groups is 1. The van der Waals surface area contributed by atoms with Crippen molar-refractivity contribution < 1.29 is 4.42 Å². The van der Waals surface area contributed by atoms with Gasteiger partial charge in [-0.25, -0.2) is 4.98 Å². The molecule has 3 heterocycles. The van der Waals surface area contributed by atoms with Gasteiger partial charge in [0.25, 0.3) is 0 Å². The fourth-order valence-corrected chi connectivity index (χ4v) is 2.91. The summed E-state index contributed by atoms with van der Waals surface area (Å²) in [4.78, 5) is 10.8. The van der Waals surface area contributed by atoms with E-state index in [0.29, 0.717) is 31.1 Å². The average Bonchev–Trinajstić information content (AvgIpc) is 3.33. The Bertz CT molecular complexity index is 872. The minimum Gasteiger partial charge on any atom is -0.461 e. The second kappa shape index (κ2) is 9.79. The van der Waals surface area contributed by atoms with Gasteiger partial charge >= 0.3 is 0 Å². The summed E-state index contributed by atoms with van der Waals surface area (Å²) < 4.78 is 7.31. The number of hydrogen-bond acceptors (Lipinski definition) is 4. The van der Waals surface area contributed by atoms with Crippen LogP contribution in [-0.2, 0) is 20.0 Å². The summed E-state index contributed by atoms with van der Waals surface area (Å²) in [6.45, 7) is 1.38. The summed E-state index contributed by atoms with van der Waals surface area (Å²) in [5, 5.41) is 11.2. The molecule has 146 valence electrons. The smallest absolute Gasteiger partial charge is 0.216 e. The van der Waals surface area contributed by atoms with Crippen molar-refractivity contribution in [3.63, 3.8) is 0 Å². The van der Waals surface area contributed by atoms with Gasteiger partial charge in [0.1, 0.15) is 5.82 Å². The van der Waals surface area contributed by atoms with Crippen LogP contribution in [0.5, 0.6) is 0 Å². The molecular weight excluding hydrogens is 481 g/mol. The number of halogens is 2. The molecule has 10 heteroatoms. The molecule has 0 aliphatic carbocycles. The molecule has 0 amide bonds. The van der Waals surface area contributed by atoms with Gasteiger partial charge < -0.3 is 19.2 Å². The number of guanidine groups is 1. The second-order valence-corrected chi connectivity index (χ2v) is 6.36.